The molecule has 0 fully saturated rings. The molecule has 1 heterocycles. The molecule has 0 saturated carbocycles. The third-order valence-electron chi connectivity index (χ3n) is 4.71. The summed E-state index contributed by atoms with van der Waals surface area (Å²) in [5.41, 5.74) is 2.53. The van der Waals surface area contributed by atoms with E-state index in [1.54, 1.807) is 6.07 Å². The van der Waals surface area contributed by atoms with Gasteiger partial charge in [0, 0.05) is 14.7 Å². The number of aromatic nitrogens is 2. The molecule has 8 heteroatoms. The Morgan fingerprint density at radius 1 is 1.16 bits per heavy atom. The molecule has 0 unspecified atom stereocenters. The summed E-state index contributed by atoms with van der Waals surface area (Å²) in [6.45, 7) is 10.2. The van der Waals surface area contributed by atoms with Crippen LogP contribution >= 0.6 is 0 Å². The summed E-state index contributed by atoms with van der Waals surface area (Å²) in [7, 11) is 2.58. The maximum absolute atomic E-state index is 11.6. The van der Waals surface area contributed by atoms with Gasteiger partial charge in [-0.25, -0.2) is 9.78 Å². The van der Waals surface area contributed by atoms with Crippen LogP contribution in [0.4, 0.5) is 0 Å². The maximum atomic E-state index is 11.6. The fourth-order valence-electron chi connectivity index (χ4n) is 2.97. The second kappa shape index (κ2) is 11.8. The van der Waals surface area contributed by atoms with E-state index in [0.29, 0.717) is 36.7 Å². The molecular weight excluding hydrogens is 422 g/mol. The Balaban J connectivity index is 0.00000114. The Morgan fingerprint density at radius 2 is 1.81 bits per heavy atom. The van der Waals surface area contributed by atoms with Gasteiger partial charge in [-0.3, -0.25) is 0 Å². The van der Waals surface area contributed by atoms with Crippen molar-refractivity contribution in [2.45, 2.75) is 45.9 Å². The van der Waals surface area contributed by atoms with Gasteiger partial charge < -0.3 is 24.5 Å². The summed E-state index contributed by atoms with van der Waals surface area (Å²) >= 11 is 0. The SMILES string of the molecule is CNC.Cc1nc2c(OCc3ccccc3)cc(C(=O)O)cc2n1COCC[Si](C)(C)C. The van der Waals surface area contributed by atoms with Crippen LogP contribution in [-0.2, 0) is 18.1 Å². The zero-order chi connectivity index (χ0) is 23.7. The van der Waals surface area contributed by atoms with Crippen molar-refractivity contribution < 1.29 is 19.4 Å². The molecule has 0 saturated heterocycles. The number of carboxylic acids is 1. The van der Waals surface area contributed by atoms with Gasteiger partial charge in [-0.1, -0.05) is 50.0 Å². The molecule has 1 aromatic heterocycles. The third-order valence-corrected chi connectivity index (χ3v) is 6.41. The number of carboxylic acid groups (broad SMARTS) is 1. The number of nitrogens with one attached hydrogen (secondary N) is 1. The smallest absolute Gasteiger partial charge is 0.335 e. The van der Waals surface area contributed by atoms with E-state index >= 15 is 0 Å². The lowest BCUT2D eigenvalue weighted by Crippen LogP contribution is -2.22. The number of benzene rings is 2. The van der Waals surface area contributed by atoms with E-state index < -0.39 is 14.0 Å². The van der Waals surface area contributed by atoms with Crippen molar-refractivity contribution in [3.8, 4) is 5.75 Å². The minimum absolute atomic E-state index is 0.170. The van der Waals surface area contributed by atoms with Gasteiger partial charge in [0.1, 0.15) is 30.4 Å². The van der Waals surface area contributed by atoms with E-state index in [2.05, 4.69) is 29.9 Å². The number of aryl methyl sites for hydroxylation is 1. The molecule has 0 aliphatic heterocycles. The van der Waals surface area contributed by atoms with Crippen LogP contribution in [0.1, 0.15) is 21.7 Å². The van der Waals surface area contributed by atoms with Gasteiger partial charge in [-0.15, -0.1) is 0 Å². The van der Waals surface area contributed by atoms with Crippen LogP contribution in [0.15, 0.2) is 42.5 Å². The first-order valence-electron chi connectivity index (χ1n) is 10.7. The Morgan fingerprint density at radius 3 is 2.41 bits per heavy atom. The molecule has 0 amide bonds. The van der Waals surface area contributed by atoms with Gasteiger partial charge in [0.15, 0.2) is 0 Å². The monoisotopic (exact) mass is 457 g/mol. The molecule has 32 heavy (non-hydrogen) atoms. The van der Waals surface area contributed by atoms with Crippen molar-refractivity contribution in [3.63, 3.8) is 0 Å². The van der Waals surface area contributed by atoms with E-state index in [-0.39, 0.29) is 5.56 Å². The molecule has 0 radical (unpaired) electrons. The molecule has 0 bridgehead atoms. The minimum Gasteiger partial charge on any atom is -0.487 e. The summed E-state index contributed by atoms with van der Waals surface area (Å²) in [6, 6.07) is 14.0. The molecule has 3 aromatic rings. The first-order valence-corrected chi connectivity index (χ1v) is 14.4. The average molecular weight is 458 g/mol. The number of ether oxygens (including phenoxy) is 2. The largest absolute Gasteiger partial charge is 0.487 e. The van der Waals surface area contributed by atoms with Gasteiger partial charge in [0.25, 0.3) is 0 Å². The lowest BCUT2D eigenvalue weighted by molar-refractivity contribution is 0.0696. The zero-order valence-corrected chi connectivity index (χ0v) is 20.9. The number of nitrogens with zero attached hydrogens (tertiary/aromatic N) is 2. The van der Waals surface area contributed by atoms with Crippen LogP contribution < -0.4 is 10.1 Å². The second-order valence-electron chi connectivity index (χ2n) is 8.86. The molecular formula is C24H35N3O4Si. The number of imidazole rings is 1. The molecule has 174 valence electrons. The summed E-state index contributed by atoms with van der Waals surface area (Å²) in [5.74, 6) is 0.231. The predicted octanol–water partition coefficient (Wildman–Crippen LogP) is 4.77. The highest BCUT2D eigenvalue weighted by atomic mass is 28.3. The van der Waals surface area contributed by atoms with Crippen molar-refractivity contribution >= 4 is 25.1 Å². The topological polar surface area (TPSA) is 85.6 Å². The highest BCUT2D eigenvalue weighted by molar-refractivity contribution is 6.76. The molecule has 0 aliphatic rings. The minimum atomic E-state index is -1.17. The fraction of sp³-hybridized carbons (Fsp3) is 0.417. The number of fused-ring (bicyclic) bond motifs is 1. The summed E-state index contributed by atoms with van der Waals surface area (Å²) in [4.78, 5) is 16.3. The molecule has 2 aromatic carbocycles. The second-order valence-corrected chi connectivity index (χ2v) is 14.5. The number of hydrogen-bond acceptors (Lipinski definition) is 5. The number of aromatic carboxylic acids is 1. The fourth-order valence-corrected chi connectivity index (χ4v) is 3.73. The Kier molecular flexibility index (Phi) is 9.43. The van der Waals surface area contributed by atoms with E-state index in [9.17, 15) is 9.90 Å². The van der Waals surface area contributed by atoms with Gasteiger partial charge in [0.05, 0.1) is 11.1 Å². The highest BCUT2D eigenvalue weighted by Crippen LogP contribution is 2.29. The summed E-state index contributed by atoms with van der Waals surface area (Å²) in [5, 5.41) is 12.3. The quantitative estimate of drug-likeness (QED) is 0.356. The molecule has 7 nitrogen and oxygen atoms in total. The van der Waals surface area contributed by atoms with Crippen LogP contribution in [0, 0.1) is 6.92 Å². The summed E-state index contributed by atoms with van der Waals surface area (Å²) < 4.78 is 13.7. The standard InChI is InChI=1S/C22H28N2O4Si.C2H7N/c1-16-23-21-19(24(16)15-27-10-11-29(2,3)4)12-18(22(25)26)13-20(21)28-14-17-8-6-5-7-9-17;1-3-2/h5-9,12-13H,10-11,14-15H2,1-4H3,(H,25,26);3H,1-2H3. The van der Waals surface area contributed by atoms with Crippen molar-refractivity contribution in [3.05, 3.63) is 59.4 Å². The first-order chi connectivity index (χ1) is 15.2. The summed E-state index contributed by atoms with van der Waals surface area (Å²) in [6.07, 6.45) is 0. The Labute approximate surface area is 191 Å². The first kappa shape index (κ1) is 25.6. The van der Waals surface area contributed by atoms with Crippen LogP contribution in [-0.4, -0.2) is 49.4 Å². The molecule has 0 atom stereocenters. The lowest BCUT2D eigenvalue weighted by atomic mass is 10.2. The van der Waals surface area contributed by atoms with Crippen molar-refractivity contribution in [1.29, 1.82) is 0 Å². The van der Waals surface area contributed by atoms with Crippen LogP contribution in [0.5, 0.6) is 5.75 Å². The number of carbonyl (C=O) groups is 1. The van der Waals surface area contributed by atoms with E-state index in [0.717, 1.165) is 17.4 Å². The predicted molar refractivity (Wildman–Crippen MR) is 131 cm³/mol. The van der Waals surface area contributed by atoms with Crippen molar-refractivity contribution in [2.24, 2.45) is 0 Å². The molecule has 2 N–H and O–H groups in total. The van der Waals surface area contributed by atoms with Crippen LogP contribution in [0.3, 0.4) is 0 Å². The van der Waals surface area contributed by atoms with Crippen LogP contribution in [0.2, 0.25) is 25.7 Å². The van der Waals surface area contributed by atoms with E-state index in [1.165, 1.54) is 6.07 Å². The molecule has 0 aliphatic carbocycles. The molecule has 3 rings (SSSR count). The zero-order valence-electron chi connectivity index (χ0n) is 19.9. The van der Waals surface area contributed by atoms with Gasteiger partial charge >= 0.3 is 5.97 Å². The lowest BCUT2D eigenvalue weighted by Gasteiger charge is -2.16. The number of hydrogen-bond donors (Lipinski definition) is 2. The third kappa shape index (κ3) is 7.47. The van der Waals surface area contributed by atoms with E-state index in [1.807, 2.05) is 55.9 Å². The van der Waals surface area contributed by atoms with Gasteiger partial charge in [0.2, 0.25) is 0 Å². The number of rotatable bonds is 9. The normalized spacial score (nSPS) is 11.2. The average Bonchev–Trinajstić information content (AvgIpc) is 3.05. The van der Waals surface area contributed by atoms with Crippen LogP contribution in [0.25, 0.3) is 11.0 Å². The molecule has 0 spiro atoms. The van der Waals surface area contributed by atoms with Crippen molar-refractivity contribution in [2.75, 3.05) is 20.7 Å². The Hall–Kier alpha value is -2.68. The van der Waals surface area contributed by atoms with E-state index in [4.69, 9.17) is 9.47 Å². The van der Waals surface area contributed by atoms with Gasteiger partial charge in [-0.05, 0) is 44.8 Å². The van der Waals surface area contributed by atoms with Crippen molar-refractivity contribution in [1.82, 2.24) is 14.9 Å². The van der Waals surface area contributed by atoms with Gasteiger partial charge in [-0.2, -0.15) is 0 Å². The Bertz CT molecular complexity index is 1010. The maximum Gasteiger partial charge on any atom is 0.335 e. The highest BCUT2D eigenvalue weighted by Gasteiger charge is 2.18.